The highest BCUT2D eigenvalue weighted by Crippen LogP contribution is 2.16. The molecule has 0 aliphatic carbocycles. The Labute approximate surface area is 140 Å². The summed E-state index contributed by atoms with van der Waals surface area (Å²) in [4.78, 5) is 30.8. The minimum absolute atomic E-state index is 0.0234. The number of rotatable bonds is 7. The SMILES string of the molecule is CCCN(Cc1ccc(SC)cc1)C(=O)Cn1cccnc1=O. The second-order valence-electron chi connectivity index (χ2n) is 5.19. The van der Waals surface area contributed by atoms with Crippen LogP contribution in [0, 0.1) is 0 Å². The van der Waals surface area contributed by atoms with E-state index in [4.69, 9.17) is 0 Å². The largest absolute Gasteiger partial charge is 0.347 e. The second-order valence-corrected chi connectivity index (χ2v) is 6.07. The molecule has 0 fully saturated rings. The van der Waals surface area contributed by atoms with E-state index >= 15 is 0 Å². The van der Waals surface area contributed by atoms with Gasteiger partial charge in [-0.1, -0.05) is 19.1 Å². The molecule has 0 unspecified atom stereocenters. The topological polar surface area (TPSA) is 55.2 Å². The molecule has 0 bridgehead atoms. The van der Waals surface area contributed by atoms with Gasteiger partial charge in [-0.25, -0.2) is 9.78 Å². The normalized spacial score (nSPS) is 10.5. The van der Waals surface area contributed by atoms with Crippen molar-refractivity contribution in [2.75, 3.05) is 12.8 Å². The summed E-state index contributed by atoms with van der Waals surface area (Å²) >= 11 is 1.69. The van der Waals surface area contributed by atoms with Crippen molar-refractivity contribution >= 4 is 17.7 Å². The lowest BCUT2D eigenvalue weighted by molar-refractivity contribution is -0.132. The molecule has 0 radical (unpaired) electrons. The molecule has 0 saturated heterocycles. The van der Waals surface area contributed by atoms with Crippen LogP contribution in [0.4, 0.5) is 0 Å². The first-order valence-corrected chi connectivity index (χ1v) is 8.78. The predicted octanol–water partition coefficient (Wildman–Crippen LogP) is 2.40. The van der Waals surface area contributed by atoms with E-state index in [2.05, 4.69) is 17.1 Å². The molecule has 2 aromatic rings. The van der Waals surface area contributed by atoms with Gasteiger partial charge in [0.05, 0.1) is 0 Å². The van der Waals surface area contributed by atoms with Crippen LogP contribution < -0.4 is 5.69 Å². The number of aromatic nitrogens is 2. The molecule has 0 aliphatic rings. The summed E-state index contributed by atoms with van der Waals surface area (Å²) in [7, 11) is 0. The zero-order valence-corrected chi connectivity index (χ0v) is 14.3. The average Bonchev–Trinajstić information content (AvgIpc) is 2.57. The van der Waals surface area contributed by atoms with E-state index in [9.17, 15) is 9.59 Å². The molecule has 0 atom stereocenters. The highest BCUT2D eigenvalue weighted by atomic mass is 32.2. The van der Waals surface area contributed by atoms with Gasteiger partial charge in [0.1, 0.15) is 6.54 Å². The number of nitrogens with zero attached hydrogens (tertiary/aromatic N) is 3. The maximum absolute atomic E-state index is 12.5. The summed E-state index contributed by atoms with van der Waals surface area (Å²) in [6, 6.07) is 9.84. The lowest BCUT2D eigenvalue weighted by Gasteiger charge is -2.22. The maximum atomic E-state index is 12.5. The summed E-state index contributed by atoms with van der Waals surface area (Å²) in [5, 5.41) is 0. The van der Waals surface area contributed by atoms with Crippen molar-refractivity contribution in [1.82, 2.24) is 14.5 Å². The Morgan fingerprint density at radius 1 is 1.30 bits per heavy atom. The Balaban J connectivity index is 2.08. The van der Waals surface area contributed by atoms with Gasteiger partial charge in [-0.15, -0.1) is 11.8 Å². The van der Waals surface area contributed by atoms with Crippen LogP contribution in [-0.4, -0.2) is 33.2 Å². The van der Waals surface area contributed by atoms with Gasteiger partial charge in [0.25, 0.3) is 0 Å². The van der Waals surface area contributed by atoms with Crippen LogP contribution in [0.2, 0.25) is 0 Å². The molecule has 2 rings (SSSR count). The minimum Gasteiger partial charge on any atom is -0.337 e. The summed E-state index contributed by atoms with van der Waals surface area (Å²) in [5.74, 6) is -0.0732. The summed E-state index contributed by atoms with van der Waals surface area (Å²) in [5.41, 5.74) is 0.685. The molecule has 1 heterocycles. The quantitative estimate of drug-likeness (QED) is 0.731. The van der Waals surface area contributed by atoms with Crippen LogP contribution in [0.5, 0.6) is 0 Å². The van der Waals surface area contributed by atoms with Crippen molar-refractivity contribution in [2.45, 2.75) is 31.3 Å². The van der Waals surface area contributed by atoms with Crippen LogP contribution in [0.25, 0.3) is 0 Å². The fourth-order valence-electron chi connectivity index (χ4n) is 2.27. The Morgan fingerprint density at radius 3 is 2.65 bits per heavy atom. The van der Waals surface area contributed by atoms with Crippen molar-refractivity contribution in [3.05, 3.63) is 58.8 Å². The number of benzene rings is 1. The smallest absolute Gasteiger partial charge is 0.337 e. The molecule has 5 nitrogen and oxygen atoms in total. The second kappa shape index (κ2) is 8.53. The average molecular weight is 331 g/mol. The highest BCUT2D eigenvalue weighted by Gasteiger charge is 2.14. The van der Waals surface area contributed by atoms with Gasteiger partial charge in [-0.2, -0.15) is 0 Å². The Hall–Kier alpha value is -2.08. The molecule has 23 heavy (non-hydrogen) atoms. The number of carbonyl (C=O) groups excluding carboxylic acids is 1. The van der Waals surface area contributed by atoms with Gasteiger partial charge in [0.15, 0.2) is 0 Å². The molecule has 1 amide bonds. The van der Waals surface area contributed by atoms with E-state index in [1.165, 1.54) is 15.7 Å². The first-order valence-electron chi connectivity index (χ1n) is 7.56. The monoisotopic (exact) mass is 331 g/mol. The molecule has 1 aromatic carbocycles. The standard InChI is InChI=1S/C17H21N3O2S/c1-3-10-19(12-14-5-7-15(23-2)8-6-14)16(21)13-20-11-4-9-18-17(20)22/h4-9,11H,3,10,12-13H2,1-2H3. The predicted molar refractivity (Wildman–Crippen MR) is 92.4 cm³/mol. The number of carbonyl (C=O) groups is 1. The lowest BCUT2D eigenvalue weighted by Crippen LogP contribution is -2.37. The van der Waals surface area contributed by atoms with E-state index in [0.29, 0.717) is 13.1 Å². The first-order chi connectivity index (χ1) is 11.1. The van der Waals surface area contributed by atoms with Crippen LogP contribution in [-0.2, 0) is 17.9 Å². The minimum atomic E-state index is -0.401. The van der Waals surface area contributed by atoms with Crippen LogP contribution in [0.1, 0.15) is 18.9 Å². The van der Waals surface area contributed by atoms with E-state index in [1.807, 2.05) is 25.3 Å². The van der Waals surface area contributed by atoms with Gasteiger partial charge in [0, 0.05) is 30.4 Å². The van der Waals surface area contributed by atoms with Crippen LogP contribution >= 0.6 is 11.8 Å². The number of thioether (sulfide) groups is 1. The van der Waals surface area contributed by atoms with E-state index in [1.54, 1.807) is 28.9 Å². The van der Waals surface area contributed by atoms with Crippen molar-refractivity contribution < 1.29 is 4.79 Å². The maximum Gasteiger partial charge on any atom is 0.347 e. The Kier molecular flexibility index (Phi) is 6.40. The van der Waals surface area contributed by atoms with E-state index in [-0.39, 0.29) is 12.5 Å². The van der Waals surface area contributed by atoms with Crippen molar-refractivity contribution in [2.24, 2.45) is 0 Å². The van der Waals surface area contributed by atoms with Gasteiger partial charge < -0.3 is 4.90 Å². The molecule has 0 spiro atoms. The summed E-state index contributed by atoms with van der Waals surface area (Å²) in [6.07, 6.45) is 5.93. The molecule has 0 N–H and O–H groups in total. The first kappa shape index (κ1) is 17.3. The molecule has 6 heteroatoms. The van der Waals surface area contributed by atoms with Crippen LogP contribution in [0.3, 0.4) is 0 Å². The third kappa shape index (κ3) is 4.96. The lowest BCUT2D eigenvalue weighted by atomic mass is 10.2. The number of hydrogen-bond donors (Lipinski definition) is 0. The van der Waals surface area contributed by atoms with Gasteiger partial charge in [-0.3, -0.25) is 9.36 Å². The van der Waals surface area contributed by atoms with Crippen molar-refractivity contribution in [3.63, 3.8) is 0 Å². The fraction of sp³-hybridized carbons (Fsp3) is 0.353. The van der Waals surface area contributed by atoms with E-state index in [0.717, 1.165) is 12.0 Å². The van der Waals surface area contributed by atoms with Gasteiger partial charge in [-0.05, 0) is 36.4 Å². The molecule has 0 aliphatic heterocycles. The Morgan fingerprint density at radius 2 is 2.04 bits per heavy atom. The third-order valence-electron chi connectivity index (χ3n) is 3.47. The summed E-state index contributed by atoms with van der Waals surface area (Å²) in [6.45, 7) is 3.28. The molecular weight excluding hydrogens is 310 g/mol. The summed E-state index contributed by atoms with van der Waals surface area (Å²) < 4.78 is 1.34. The van der Waals surface area contributed by atoms with Crippen molar-refractivity contribution in [3.8, 4) is 0 Å². The van der Waals surface area contributed by atoms with Crippen LogP contribution in [0.15, 0.2) is 52.4 Å². The zero-order chi connectivity index (χ0) is 16.7. The molecule has 122 valence electrons. The molecular formula is C17H21N3O2S. The third-order valence-corrected chi connectivity index (χ3v) is 4.21. The Bertz CT molecular complexity index is 697. The molecule has 1 aromatic heterocycles. The van der Waals surface area contributed by atoms with Gasteiger partial charge >= 0.3 is 5.69 Å². The van der Waals surface area contributed by atoms with E-state index < -0.39 is 5.69 Å². The molecule has 0 saturated carbocycles. The fourth-order valence-corrected chi connectivity index (χ4v) is 2.67. The number of amides is 1. The highest BCUT2D eigenvalue weighted by molar-refractivity contribution is 7.98. The number of hydrogen-bond acceptors (Lipinski definition) is 4. The van der Waals surface area contributed by atoms with Crippen molar-refractivity contribution in [1.29, 1.82) is 0 Å². The van der Waals surface area contributed by atoms with Gasteiger partial charge in [0.2, 0.25) is 5.91 Å². The zero-order valence-electron chi connectivity index (χ0n) is 13.4.